The van der Waals surface area contributed by atoms with E-state index in [-0.39, 0.29) is 0 Å². The highest BCUT2D eigenvalue weighted by Crippen LogP contribution is 2.40. The van der Waals surface area contributed by atoms with Crippen LogP contribution in [-0.2, 0) is 0 Å². The number of nitrogens with zero attached hydrogens (tertiary/aromatic N) is 3. The second-order valence-corrected chi connectivity index (χ2v) is 7.62. The van der Waals surface area contributed by atoms with Gasteiger partial charge in [0.15, 0.2) is 5.96 Å². The monoisotopic (exact) mass is 383 g/mol. The number of nitrogens with one attached hydrogen (secondary N) is 2. The first-order valence-electron chi connectivity index (χ1n) is 9.72. The van der Waals surface area contributed by atoms with Gasteiger partial charge in [0.25, 0.3) is 0 Å². The molecule has 27 heavy (non-hydrogen) atoms. The molecule has 1 aliphatic heterocycles. The molecule has 142 valence electrons. The van der Waals surface area contributed by atoms with Gasteiger partial charge in [0, 0.05) is 43.8 Å². The first-order valence-corrected chi connectivity index (χ1v) is 10.1. The van der Waals surface area contributed by atoms with Crippen LogP contribution in [0, 0.1) is 0 Å². The molecule has 5 nitrogen and oxygen atoms in total. The number of rotatable bonds is 5. The van der Waals surface area contributed by atoms with E-state index in [0.29, 0.717) is 23.0 Å². The fourth-order valence-electron chi connectivity index (χ4n) is 3.76. The molecular weight excluding hydrogens is 358 g/mol. The van der Waals surface area contributed by atoms with Gasteiger partial charge in [-0.2, -0.15) is 0 Å². The number of guanidine groups is 1. The van der Waals surface area contributed by atoms with Gasteiger partial charge < -0.3 is 15.5 Å². The third-order valence-electron chi connectivity index (χ3n) is 5.22. The van der Waals surface area contributed by atoms with Crippen LogP contribution >= 0.6 is 11.6 Å². The molecule has 1 aliphatic carbocycles. The van der Waals surface area contributed by atoms with Crippen molar-refractivity contribution < 1.29 is 0 Å². The molecule has 0 radical (unpaired) electrons. The summed E-state index contributed by atoms with van der Waals surface area (Å²) >= 11 is 6.30. The second kappa shape index (κ2) is 8.17. The third kappa shape index (κ3) is 4.35. The Morgan fingerprint density at radius 2 is 2.07 bits per heavy atom. The first-order chi connectivity index (χ1) is 13.2. The second-order valence-electron chi connectivity index (χ2n) is 7.21. The van der Waals surface area contributed by atoms with Crippen molar-refractivity contribution in [1.82, 2.24) is 15.6 Å². The molecule has 1 saturated heterocycles. The molecule has 2 N–H and O–H groups in total. The van der Waals surface area contributed by atoms with Crippen LogP contribution in [0.3, 0.4) is 0 Å². The summed E-state index contributed by atoms with van der Waals surface area (Å²) in [6.45, 7) is 4.66. The molecule has 3 unspecified atom stereocenters. The van der Waals surface area contributed by atoms with E-state index in [1.807, 2.05) is 12.1 Å². The summed E-state index contributed by atoms with van der Waals surface area (Å²) in [5.41, 5.74) is 1.41. The topological polar surface area (TPSA) is 52.6 Å². The molecule has 0 bridgehead atoms. The smallest absolute Gasteiger partial charge is 0.191 e. The zero-order valence-electron chi connectivity index (χ0n) is 15.6. The van der Waals surface area contributed by atoms with Crippen LogP contribution in [0.4, 0.5) is 5.82 Å². The van der Waals surface area contributed by atoms with Crippen molar-refractivity contribution in [1.29, 1.82) is 0 Å². The summed E-state index contributed by atoms with van der Waals surface area (Å²) in [5.74, 6) is 2.37. The SMILES string of the molecule is CCN=C(NC1CCN(c2ncccc2Cl)C1)NC1CC1c1ccccc1. The van der Waals surface area contributed by atoms with Crippen molar-refractivity contribution in [3.05, 3.63) is 59.2 Å². The number of hydrogen-bond donors (Lipinski definition) is 2. The maximum absolute atomic E-state index is 6.30. The Morgan fingerprint density at radius 1 is 1.22 bits per heavy atom. The Hall–Kier alpha value is -2.27. The lowest BCUT2D eigenvalue weighted by atomic mass is 10.1. The van der Waals surface area contributed by atoms with Crippen LogP contribution in [0.1, 0.15) is 31.2 Å². The highest BCUT2D eigenvalue weighted by atomic mass is 35.5. The van der Waals surface area contributed by atoms with E-state index in [9.17, 15) is 0 Å². The number of aliphatic imine (C=N–C) groups is 1. The van der Waals surface area contributed by atoms with E-state index in [4.69, 9.17) is 11.6 Å². The molecule has 0 spiro atoms. The maximum atomic E-state index is 6.30. The fourth-order valence-corrected chi connectivity index (χ4v) is 4.00. The lowest BCUT2D eigenvalue weighted by Crippen LogP contribution is -2.45. The molecule has 2 heterocycles. The van der Waals surface area contributed by atoms with E-state index in [1.165, 1.54) is 5.56 Å². The van der Waals surface area contributed by atoms with E-state index in [2.05, 4.69) is 62.8 Å². The van der Waals surface area contributed by atoms with Gasteiger partial charge in [-0.15, -0.1) is 0 Å². The van der Waals surface area contributed by atoms with E-state index in [0.717, 1.165) is 44.3 Å². The van der Waals surface area contributed by atoms with Crippen molar-refractivity contribution in [2.24, 2.45) is 4.99 Å². The number of hydrogen-bond acceptors (Lipinski definition) is 3. The van der Waals surface area contributed by atoms with E-state index in [1.54, 1.807) is 6.20 Å². The van der Waals surface area contributed by atoms with Crippen LogP contribution in [-0.4, -0.2) is 42.7 Å². The highest BCUT2D eigenvalue weighted by Gasteiger charge is 2.39. The molecule has 0 amide bonds. The summed E-state index contributed by atoms with van der Waals surface area (Å²) in [5, 5.41) is 7.93. The van der Waals surface area contributed by atoms with Crippen LogP contribution < -0.4 is 15.5 Å². The minimum atomic E-state index is 0.342. The van der Waals surface area contributed by atoms with Crippen LogP contribution in [0.2, 0.25) is 5.02 Å². The highest BCUT2D eigenvalue weighted by molar-refractivity contribution is 6.32. The molecule has 4 rings (SSSR count). The van der Waals surface area contributed by atoms with Crippen molar-refractivity contribution >= 4 is 23.4 Å². The average molecular weight is 384 g/mol. The van der Waals surface area contributed by atoms with Crippen molar-refractivity contribution in [2.45, 2.75) is 37.8 Å². The molecule has 2 aliphatic rings. The predicted octanol–water partition coefficient (Wildman–Crippen LogP) is 3.42. The molecule has 1 saturated carbocycles. The zero-order valence-corrected chi connectivity index (χ0v) is 16.4. The van der Waals surface area contributed by atoms with Gasteiger partial charge in [0.1, 0.15) is 5.82 Å². The predicted molar refractivity (Wildman–Crippen MR) is 112 cm³/mol. The van der Waals surface area contributed by atoms with E-state index < -0.39 is 0 Å². The maximum Gasteiger partial charge on any atom is 0.191 e. The van der Waals surface area contributed by atoms with E-state index >= 15 is 0 Å². The van der Waals surface area contributed by atoms with Crippen LogP contribution in [0.15, 0.2) is 53.7 Å². The molecule has 3 atom stereocenters. The van der Waals surface area contributed by atoms with Gasteiger partial charge in [-0.1, -0.05) is 41.9 Å². The number of anilines is 1. The minimum Gasteiger partial charge on any atom is -0.353 e. The Labute approximate surface area is 165 Å². The van der Waals surface area contributed by atoms with Crippen molar-refractivity contribution in [2.75, 3.05) is 24.5 Å². The van der Waals surface area contributed by atoms with Gasteiger partial charge >= 0.3 is 0 Å². The molecule has 1 aromatic carbocycles. The number of pyridine rings is 1. The summed E-state index contributed by atoms with van der Waals surface area (Å²) in [4.78, 5) is 11.3. The lowest BCUT2D eigenvalue weighted by Gasteiger charge is -2.20. The largest absolute Gasteiger partial charge is 0.353 e. The summed E-state index contributed by atoms with van der Waals surface area (Å²) in [6, 6.07) is 15.3. The average Bonchev–Trinajstić information content (AvgIpc) is 3.30. The number of aromatic nitrogens is 1. The van der Waals surface area contributed by atoms with Gasteiger partial charge in [0.2, 0.25) is 0 Å². The molecular formula is C21H26ClN5. The van der Waals surface area contributed by atoms with Gasteiger partial charge in [-0.3, -0.25) is 4.99 Å². The summed E-state index contributed by atoms with van der Waals surface area (Å²) < 4.78 is 0. The Morgan fingerprint density at radius 3 is 2.85 bits per heavy atom. The standard InChI is InChI=1S/C21H26ClN5/c1-2-23-21(26-19-13-17(19)15-7-4-3-5-8-15)25-16-10-12-27(14-16)20-18(22)9-6-11-24-20/h3-9,11,16-17,19H,2,10,12-14H2,1H3,(H2,23,25,26). The Balaban J connectivity index is 1.33. The molecule has 2 fully saturated rings. The lowest BCUT2D eigenvalue weighted by molar-refractivity contribution is 0.644. The number of halogens is 1. The van der Waals surface area contributed by atoms with Crippen LogP contribution in [0.25, 0.3) is 0 Å². The Bertz CT molecular complexity index is 794. The van der Waals surface area contributed by atoms with Gasteiger partial charge in [-0.25, -0.2) is 4.98 Å². The fraction of sp³-hybridized carbons (Fsp3) is 0.429. The zero-order chi connectivity index (χ0) is 18.6. The van der Waals surface area contributed by atoms with Gasteiger partial charge in [-0.05, 0) is 37.5 Å². The first kappa shape index (κ1) is 18.1. The van der Waals surface area contributed by atoms with Crippen molar-refractivity contribution in [3.8, 4) is 0 Å². The molecule has 1 aromatic heterocycles. The summed E-state index contributed by atoms with van der Waals surface area (Å²) in [6.07, 6.45) is 4.00. The Kier molecular flexibility index (Phi) is 5.48. The summed E-state index contributed by atoms with van der Waals surface area (Å²) in [7, 11) is 0. The molecule has 2 aromatic rings. The molecule has 6 heteroatoms. The van der Waals surface area contributed by atoms with Crippen molar-refractivity contribution in [3.63, 3.8) is 0 Å². The quantitative estimate of drug-likeness (QED) is 0.613. The van der Waals surface area contributed by atoms with Crippen LogP contribution in [0.5, 0.6) is 0 Å². The van der Waals surface area contributed by atoms with Gasteiger partial charge in [0.05, 0.1) is 5.02 Å². The number of benzene rings is 1. The normalized spacial score (nSPS) is 24.7. The third-order valence-corrected chi connectivity index (χ3v) is 5.52. The minimum absolute atomic E-state index is 0.342.